The Morgan fingerprint density at radius 3 is 2.58 bits per heavy atom. The number of fused-ring (bicyclic) bond motifs is 3. The molecule has 0 spiro atoms. The zero-order chi connectivity index (χ0) is 18.4. The van der Waals surface area contributed by atoms with Gasteiger partial charge in [0.25, 0.3) is 0 Å². The molecule has 3 nitrogen and oxygen atoms in total. The summed E-state index contributed by atoms with van der Waals surface area (Å²) in [6.45, 7) is 5.37. The maximum absolute atomic E-state index is 13.7. The van der Waals surface area contributed by atoms with Gasteiger partial charge in [0.05, 0.1) is 12.6 Å². The van der Waals surface area contributed by atoms with E-state index in [2.05, 4.69) is 11.8 Å². The van der Waals surface area contributed by atoms with Gasteiger partial charge < -0.3 is 4.90 Å². The lowest BCUT2D eigenvalue weighted by molar-refractivity contribution is -0.140. The van der Waals surface area contributed by atoms with Crippen LogP contribution in [0.4, 0.5) is 4.39 Å². The summed E-state index contributed by atoms with van der Waals surface area (Å²) < 4.78 is 13.7. The Morgan fingerprint density at radius 2 is 1.81 bits per heavy atom. The Bertz CT molecular complexity index is 604. The molecule has 1 saturated heterocycles. The van der Waals surface area contributed by atoms with Crippen LogP contribution in [0.1, 0.15) is 75.5 Å². The van der Waals surface area contributed by atoms with Gasteiger partial charge in [0.15, 0.2) is 0 Å². The molecule has 1 amide bonds. The molecule has 0 saturated carbocycles. The van der Waals surface area contributed by atoms with E-state index in [0.717, 1.165) is 38.0 Å². The molecule has 1 aromatic carbocycles. The number of benzene rings is 1. The average molecular weight is 361 g/mol. The minimum Gasteiger partial charge on any atom is -0.333 e. The van der Waals surface area contributed by atoms with Gasteiger partial charge in [-0.25, -0.2) is 4.39 Å². The highest BCUT2D eigenvalue weighted by molar-refractivity contribution is 5.80. The molecule has 4 heteroatoms. The van der Waals surface area contributed by atoms with E-state index in [1.807, 2.05) is 11.0 Å². The van der Waals surface area contributed by atoms with Gasteiger partial charge in [0, 0.05) is 13.1 Å². The van der Waals surface area contributed by atoms with Crippen molar-refractivity contribution < 1.29 is 9.18 Å². The molecule has 1 fully saturated rings. The molecule has 0 N–H and O–H groups in total. The first-order valence-corrected chi connectivity index (χ1v) is 10.5. The Labute approximate surface area is 157 Å². The molecule has 1 atom stereocenters. The Morgan fingerprint density at radius 1 is 1.08 bits per heavy atom. The Hall–Kier alpha value is -1.42. The zero-order valence-electron chi connectivity index (χ0n) is 16.2. The quantitative estimate of drug-likeness (QED) is 0.596. The third-order valence-corrected chi connectivity index (χ3v) is 5.90. The van der Waals surface area contributed by atoms with E-state index in [1.54, 1.807) is 6.07 Å². The molecule has 0 radical (unpaired) electrons. The number of rotatable bonds is 9. The van der Waals surface area contributed by atoms with Gasteiger partial charge in [-0.05, 0) is 42.6 Å². The lowest BCUT2D eigenvalue weighted by Gasteiger charge is -2.44. The van der Waals surface area contributed by atoms with Gasteiger partial charge in [-0.3, -0.25) is 9.69 Å². The van der Waals surface area contributed by atoms with Crippen LogP contribution in [0.25, 0.3) is 0 Å². The molecule has 2 aliphatic rings. The predicted octanol–water partition coefficient (Wildman–Crippen LogP) is 4.71. The number of piperazine rings is 1. The molecule has 2 aliphatic heterocycles. The molecular formula is C22H33FN2O. The van der Waals surface area contributed by atoms with Gasteiger partial charge in [-0.2, -0.15) is 0 Å². The van der Waals surface area contributed by atoms with Crippen LogP contribution in [0.5, 0.6) is 0 Å². The molecule has 0 aliphatic carbocycles. The molecule has 1 unspecified atom stereocenters. The summed E-state index contributed by atoms with van der Waals surface area (Å²) in [4.78, 5) is 16.8. The summed E-state index contributed by atoms with van der Waals surface area (Å²) in [6, 6.07) is 5.10. The third kappa shape index (κ3) is 4.85. The number of unbranched alkanes of at least 4 members (excludes halogenated alkanes) is 7. The maximum Gasteiger partial charge on any atom is 0.237 e. The first-order valence-electron chi connectivity index (χ1n) is 10.5. The number of halogens is 1. The average Bonchev–Trinajstić information content (AvgIpc) is 2.64. The second kappa shape index (κ2) is 9.50. The topological polar surface area (TPSA) is 23.6 Å². The number of amides is 1. The first kappa shape index (κ1) is 19.3. The maximum atomic E-state index is 13.7. The van der Waals surface area contributed by atoms with Crippen molar-refractivity contribution in [3.8, 4) is 0 Å². The zero-order valence-corrected chi connectivity index (χ0v) is 16.2. The summed E-state index contributed by atoms with van der Waals surface area (Å²) in [5, 5.41) is 0. The standard InChI is InChI=1S/C22H33FN2O/c1-2-3-4-5-6-7-8-9-13-24-16-21-20-15-19(23)11-10-18(20)12-14-25(21)22(26)17-24/h10-11,15,21H,2-9,12-14,16-17H2,1H3. The molecule has 1 aromatic rings. The molecule has 26 heavy (non-hydrogen) atoms. The SMILES string of the molecule is CCCCCCCCCCN1CC(=O)N2CCc3ccc(F)cc3C2C1. The van der Waals surface area contributed by atoms with E-state index in [1.165, 1.54) is 56.6 Å². The van der Waals surface area contributed by atoms with Crippen molar-refractivity contribution >= 4 is 5.91 Å². The lowest BCUT2D eigenvalue weighted by Crippen LogP contribution is -2.54. The van der Waals surface area contributed by atoms with Crippen molar-refractivity contribution in [3.05, 3.63) is 35.1 Å². The van der Waals surface area contributed by atoms with E-state index in [-0.39, 0.29) is 17.8 Å². The number of nitrogens with zero attached hydrogens (tertiary/aromatic N) is 2. The van der Waals surface area contributed by atoms with Crippen molar-refractivity contribution in [3.63, 3.8) is 0 Å². The highest BCUT2D eigenvalue weighted by Gasteiger charge is 2.36. The number of hydrogen-bond acceptors (Lipinski definition) is 2. The number of hydrogen-bond donors (Lipinski definition) is 0. The van der Waals surface area contributed by atoms with Crippen LogP contribution >= 0.6 is 0 Å². The summed E-state index contributed by atoms with van der Waals surface area (Å²) in [5.41, 5.74) is 2.22. The van der Waals surface area contributed by atoms with Gasteiger partial charge in [-0.1, -0.05) is 57.9 Å². The highest BCUT2D eigenvalue weighted by atomic mass is 19.1. The molecule has 144 valence electrons. The van der Waals surface area contributed by atoms with Crippen LogP contribution in [0.15, 0.2) is 18.2 Å². The van der Waals surface area contributed by atoms with Crippen LogP contribution in [0, 0.1) is 5.82 Å². The smallest absolute Gasteiger partial charge is 0.237 e. The van der Waals surface area contributed by atoms with E-state index >= 15 is 0 Å². The summed E-state index contributed by atoms with van der Waals surface area (Å²) in [7, 11) is 0. The largest absolute Gasteiger partial charge is 0.333 e. The van der Waals surface area contributed by atoms with Crippen LogP contribution < -0.4 is 0 Å². The molecular weight excluding hydrogens is 327 g/mol. The predicted molar refractivity (Wildman–Crippen MR) is 104 cm³/mol. The lowest BCUT2D eigenvalue weighted by atomic mass is 9.90. The molecule has 2 heterocycles. The fourth-order valence-corrected chi connectivity index (χ4v) is 4.39. The van der Waals surface area contributed by atoms with Crippen molar-refractivity contribution in [1.82, 2.24) is 9.80 Å². The normalized spacial score (nSPS) is 20.2. The van der Waals surface area contributed by atoms with Gasteiger partial charge >= 0.3 is 0 Å². The molecule has 0 aromatic heterocycles. The third-order valence-electron chi connectivity index (χ3n) is 5.90. The van der Waals surface area contributed by atoms with Gasteiger partial charge in [0.2, 0.25) is 5.91 Å². The van der Waals surface area contributed by atoms with Gasteiger partial charge in [-0.15, -0.1) is 0 Å². The second-order valence-corrected chi connectivity index (χ2v) is 7.91. The Balaban J connectivity index is 1.47. The van der Waals surface area contributed by atoms with Crippen LogP contribution in [-0.2, 0) is 11.2 Å². The first-order chi connectivity index (χ1) is 12.7. The summed E-state index contributed by atoms with van der Waals surface area (Å²) >= 11 is 0. The summed E-state index contributed by atoms with van der Waals surface area (Å²) in [6.07, 6.45) is 11.3. The van der Waals surface area contributed by atoms with Crippen molar-refractivity contribution in [2.75, 3.05) is 26.2 Å². The van der Waals surface area contributed by atoms with E-state index in [9.17, 15) is 9.18 Å². The monoisotopic (exact) mass is 360 g/mol. The van der Waals surface area contributed by atoms with Crippen molar-refractivity contribution in [2.24, 2.45) is 0 Å². The highest BCUT2D eigenvalue weighted by Crippen LogP contribution is 2.33. The number of carbonyl (C=O) groups excluding carboxylic acids is 1. The minimum atomic E-state index is -0.196. The molecule has 3 rings (SSSR count). The van der Waals surface area contributed by atoms with E-state index < -0.39 is 0 Å². The van der Waals surface area contributed by atoms with E-state index in [0.29, 0.717) is 6.54 Å². The Kier molecular flexibility index (Phi) is 7.07. The van der Waals surface area contributed by atoms with Crippen molar-refractivity contribution in [1.29, 1.82) is 0 Å². The molecule has 0 bridgehead atoms. The van der Waals surface area contributed by atoms with Gasteiger partial charge in [0.1, 0.15) is 5.82 Å². The van der Waals surface area contributed by atoms with Crippen LogP contribution in [-0.4, -0.2) is 41.9 Å². The fraction of sp³-hybridized carbons (Fsp3) is 0.682. The fourth-order valence-electron chi connectivity index (χ4n) is 4.39. The summed E-state index contributed by atoms with van der Waals surface area (Å²) in [5.74, 6) is 0.00831. The van der Waals surface area contributed by atoms with Crippen molar-refractivity contribution in [2.45, 2.75) is 70.8 Å². The number of carbonyl (C=O) groups is 1. The van der Waals surface area contributed by atoms with Crippen LogP contribution in [0.3, 0.4) is 0 Å². The van der Waals surface area contributed by atoms with E-state index in [4.69, 9.17) is 0 Å². The minimum absolute atomic E-state index is 0.0322. The second-order valence-electron chi connectivity index (χ2n) is 7.91. The van der Waals surface area contributed by atoms with Crippen LogP contribution in [0.2, 0.25) is 0 Å².